The van der Waals surface area contributed by atoms with Gasteiger partial charge in [-0.25, -0.2) is 4.39 Å². The molecule has 0 aliphatic rings. The molecule has 2 rings (SSSR count). The highest BCUT2D eigenvalue weighted by Crippen LogP contribution is 2.20. The van der Waals surface area contributed by atoms with Crippen molar-refractivity contribution in [3.63, 3.8) is 0 Å². The van der Waals surface area contributed by atoms with E-state index in [1.54, 1.807) is 24.3 Å². The lowest BCUT2D eigenvalue weighted by Gasteiger charge is -2.10. The van der Waals surface area contributed by atoms with Gasteiger partial charge in [0.25, 0.3) is 5.91 Å². The average molecular weight is 317 g/mol. The fourth-order valence-electron chi connectivity index (χ4n) is 2.21. The minimum atomic E-state index is -0.448. The molecule has 1 N–H and O–H groups in total. The van der Waals surface area contributed by atoms with Crippen LogP contribution >= 0.6 is 0 Å². The largest absolute Gasteiger partial charge is 0.494 e. The summed E-state index contributed by atoms with van der Waals surface area (Å²) in [5.41, 5.74) is 2.11. The number of halogens is 1. The van der Waals surface area contributed by atoms with E-state index in [2.05, 4.69) is 5.32 Å². The summed E-state index contributed by atoms with van der Waals surface area (Å²) in [7, 11) is 1.41. The van der Waals surface area contributed by atoms with Crippen molar-refractivity contribution in [3.05, 3.63) is 58.9 Å². The van der Waals surface area contributed by atoms with Gasteiger partial charge in [0.1, 0.15) is 5.75 Å². The van der Waals surface area contributed by atoms with Crippen LogP contribution in [-0.2, 0) is 6.54 Å². The highest BCUT2D eigenvalue weighted by molar-refractivity contribution is 5.94. The molecular formula is C18H20FNO3. The second kappa shape index (κ2) is 7.63. The number of methoxy groups -OCH3 is 1. The summed E-state index contributed by atoms with van der Waals surface area (Å²) in [6.07, 6.45) is 0. The SMILES string of the molecule is CCOc1ccc(C(=O)NCc2ccc(OC)c(F)c2)cc1C. The minimum Gasteiger partial charge on any atom is -0.494 e. The molecule has 2 aromatic rings. The average Bonchev–Trinajstić information content (AvgIpc) is 2.54. The number of nitrogens with one attached hydrogen (secondary N) is 1. The van der Waals surface area contributed by atoms with Crippen LogP contribution in [0.1, 0.15) is 28.4 Å². The molecule has 0 fully saturated rings. The third-order valence-corrected chi connectivity index (χ3v) is 3.41. The number of amides is 1. The van der Waals surface area contributed by atoms with Gasteiger partial charge in [-0.05, 0) is 55.3 Å². The first-order valence-corrected chi connectivity index (χ1v) is 7.39. The summed E-state index contributed by atoms with van der Waals surface area (Å²) in [5.74, 6) is 0.284. The predicted octanol–water partition coefficient (Wildman–Crippen LogP) is 3.47. The van der Waals surface area contributed by atoms with Gasteiger partial charge in [-0.2, -0.15) is 0 Å². The van der Waals surface area contributed by atoms with Crippen LogP contribution in [0.5, 0.6) is 11.5 Å². The van der Waals surface area contributed by atoms with Crippen molar-refractivity contribution in [2.75, 3.05) is 13.7 Å². The number of hydrogen-bond acceptors (Lipinski definition) is 3. The van der Waals surface area contributed by atoms with Crippen molar-refractivity contribution in [1.29, 1.82) is 0 Å². The van der Waals surface area contributed by atoms with E-state index in [0.29, 0.717) is 17.7 Å². The zero-order valence-corrected chi connectivity index (χ0v) is 13.5. The molecule has 0 saturated carbocycles. The van der Waals surface area contributed by atoms with Crippen molar-refractivity contribution in [3.8, 4) is 11.5 Å². The van der Waals surface area contributed by atoms with E-state index in [0.717, 1.165) is 11.3 Å². The molecule has 0 saturated heterocycles. The van der Waals surface area contributed by atoms with E-state index in [4.69, 9.17) is 9.47 Å². The minimum absolute atomic E-state index is 0.183. The van der Waals surface area contributed by atoms with Gasteiger partial charge in [0.15, 0.2) is 11.6 Å². The molecule has 122 valence electrons. The van der Waals surface area contributed by atoms with Crippen LogP contribution in [0.15, 0.2) is 36.4 Å². The standard InChI is InChI=1S/C18H20FNO3/c1-4-23-16-8-6-14(9-12(16)2)18(21)20-11-13-5-7-17(22-3)15(19)10-13/h5-10H,4,11H2,1-3H3,(H,20,21). The summed E-state index contributed by atoms with van der Waals surface area (Å²) in [4.78, 5) is 12.2. The molecular weight excluding hydrogens is 297 g/mol. The summed E-state index contributed by atoms with van der Waals surface area (Å²) < 4.78 is 23.9. The lowest BCUT2D eigenvalue weighted by Crippen LogP contribution is -2.23. The first kappa shape index (κ1) is 16.8. The third-order valence-electron chi connectivity index (χ3n) is 3.41. The van der Waals surface area contributed by atoms with E-state index < -0.39 is 5.82 Å². The molecule has 5 heteroatoms. The van der Waals surface area contributed by atoms with Crippen molar-refractivity contribution in [1.82, 2.24) is 5.32 Å². The molecule has 0 bridgehead atoms. The molecule has 4 nitrogen and oxygen atoms in total. The van der Waals surface area contributed by atoms with Crippen molar-refractivity contribution in [2.45, 2.75) is 20.4 Å². The monoisotopic (exact) mass is 317 g/mol. The molecule has 0 unspecified atom stereocenters. The van der Waals surface area contributed by atoms with Crippen molar-refractivity contribution in [2.24, 2.45) is 0 Å². The Balaban J connectivity index is 2.02. The number of ether oxygens (including phenoxy) is 2. The van der Waals surface area contributed by atoms with Crippen LogP contribution in [0.25, 0.3) is 0 Å². The van der Waals surface area contributed by atoms with Gasteiger partial charge >= 0.3 is 0 Å². The number of rotatable bonds is 6. The normalized spacial score (nSPS) is 10.3. The summed E-state index contributed by atoms with van der Waals surface area (Å²) in [6.45, 7) is 4.62. The maximum absolute atomic E-state index is 13.6. The lowest BCUT2D eigenvalue weighted by molar-refractivity contribution is 0.0950. The second-order valence-corrected chi connectivity index (χ2v) is 5.06. The Kier molecular flexibility index (Phi) is 5.57. The quantitative estimate of drug-likeness (QED) is 0.887. The van der Waals surface area contributed by atoms with Gasteiger partial charge in [0, 0.05) is 12.1 Å². The number of carbonyl (C=O) groups excluding carboxylic acids is 1. The molecule has 23 heavy (non-hydrogen) atoms. The Labute approximate surface area is 135 Å². The number of aryl methyl sites for hydroxylation is 1. The summed E-state index contributed by atoms with van der Waals surface area (Å²) in [5, 5.41) is 2.77. The van der Waals surface area contributed by atoms with Gasteiger partial charge in [0.2, 0.25) is 0 Å². The molecule has 2 aromatic carbocycles. The highest BCUT2D eigenvalue weighted by Gasteiger charge is 2.09. The van der Waals surface area contributed by atoms with E-state index in [-0.39, 0.29) is 18.2 Å². The molecule has 0 aliphatic heterocycles. The molecule has 0 aromatic heterocycles. The molecule has 0 heterocycles. The van der Waals surface area contributed by atoms with E-state index in [1.807, 2.05) is 13.8 Å². The van der Waals surface area contributed by atoms with Crippen LogP contribution in [0.2, 0.25) is 0 Å². The number of benzene rings is 2. The van der Waals surface area contributed by atoms with Gasteiger partial charge in [-0.1, -0.05) is 6.07 Å². The van der Waals surface area contributed by atoms with Crippen LogP contribution in [0, 0.1) is 12.7 Å². The Morgan fingerprint density at radius 1 is 1.17 bits per heavy atom. The topological polar surface area (TPSA) is 47.6 Å². The van der Waals surface area contributed by atoms with Crippen molar-refractivity contribution >= 4 is 5.91 Å². The zero-order valence-electron chi connectivity index (χ0n) is 13.5. The smallest absolute Gasteiger partial charge is 0.251 e. The fourth-order valence-corrected chi connectivity index (χ4v) is 2.21. The van der Waals surface area contributed by atoms with Crippen LogP contribution < -0.4 is 14.8 Å². The summed E-state index contributed by atoms with van der Waals surface area (Å²) >= 11 is 0. The lowest BCUT2D eigenvalue weighted by atomic mass is 10.1. The van der Waals surface area contributed by atoms with E-state index in [1.165, 1.54) is 19.2 Å². The van der Waals surface area contributed by atoms with Gasteiger partial charge in [0.05, 0.1) is 13.7 Å². The Bertz CT molecular complexity index is 701. The number of carbonyl (C=O) groups is 1. The molecule has 0 aliphatic carbocycles. The maximum Gasteiger partial charge on any atom is 0.251 e. The van der Waals surface area contributed by atoms with Gasteiger partial charge < -0.3 is 14.8 Å². The number of hydrogen-bond donors (Lipinski definition) is 1. The van der Waals surface area contributed by atoms with Crippen LogP contribution in [0.3, 0.4) is 0 Å². The fraction of sp³-hybridized carbons (Fsp3) is 0.278. The Morgan fingerprint density at radius 2 is 1.91 bits per heavy atom. The van der Waals surface area contributed by atoms with Gasteiger partial charge in [-0.15, -0.1) is 0 Å². The second-order valence-electron chi connectivity index (χ2n) is 5.06. The van der Waals surface area contributed by atoms with E-state index >= 15 is 0 Å². The van der Waals surface area contributed by atoms with Crippen LogP contribution in [-0.4, -0.2) is 19.6 Å². The first-order chi connectivity index (χ1) is 11.0. The van der Waals surface area contributed by atoms with E-state index in [9.17, 15) is 9.18 Å². The Morgan fingerprint density at radius 3 is 2.52 bits per heavy atom. The van der Waals surface area contributed by atoms with Gasteiger partial charge in [-0.3, -0.25) is 4.79 Å². The Hall–Kier alpha value is -2.56. The summed E-state index contributed by atoms with van der Waals surface area (Å²) in [6, 6.07) is 9.86. The first-order valence-electron chi connectivity index (χ1n) is 7.39. The molecule has 1 amide bonds. The predicted molar refractivity (Wildman–Crippen MR) is 86.5 cm³/mol. The highest BCUT2D eigenvalue weighted by atomic mass is 19.1. The maximum atomic E-state index is 13.6. The van der Waals surface area contributed by atoms with Crippen LogP contribution in [0.4, 0.5) is 4.39 Å². The molecule has 0 radical (unpaired) electrons. The van der Waals surface area contributed by atoms with Crippen molar-refractivity contribution < 1.29 is 18.7 Å². The molecule has 0 atom stereocenters. The molecule has 0 spiro atoms. The third kappa shape index (κ3) is 4.22. The zero-order chi connectivity index (χ0) is 16.8.